The van der Waals surface area contributed by atoms with Crippen molar-refractivity contribution in [3.05, 3.63) is 58.8 Å². The number of para-hydroxylation sites is 1. The lowest BCUT2D eigenvalue weighted by molar-refractivity contribution is -0.135. The molecule has 0 saturated heterocycles. The quantitative estimate of drug-likeness (QED) is 0.786. The largest absolute Gasteiger partial charge is 0.341 e. The van der Waals surface area contributed by atoms with Crippen LogP contribution in [0, 0.1) is 11.3 Å². The summed E-state index contributed by atoms with van der Waals surface area (Å²) in [5, 5.41) is 9.18. The van der Waals surface area contributed by atoms with E-state index in [1.165, 1.54) is 7.05 Å². The molecular formula is C18H15N3O2. The first-order valence-corrected chi connectivity index (χ1v) is 7.31. The molecule has 0 fully saturated rings. The Morgan fingerprint density at radius 1 is 1.17 bits per heavy atom. The second-order valence-electron chi connectivity index (χ2n) is 5.28. The Morgan fingerprint density at radius 2 is 1.91 bits per heavy atom. The first-order valence-electron chi connectivity index (χ1n) is 7.31. The highest BCUT2D eigenvalue weighted by atomic mass is 16.2. The summed E-state index contributed by atoms with van der Waals surface area (Å²) in [6, 6.07) is 9.79. The molecule has 1 aromatic carbocycles. The van der Waals surface area contributed by atoms with E-state index >= 15 is 0 Å². The number of anilines is 1. The van der Waals surface area contributed by atoms with E-state index in [1.807, 2.05) is 54.3 Å². The summed E-state index contributed by atoms with van der Waals surface area (Å²) in [6.07, 6.45) is 5.48. The van der Waals surface area contributed by atoms with Crippen LogP contribution < -0.4 is 4.90 Å². The van der Waals surface area contributed by atoms with E-state index in [1.54, 1.807) is 6.08 Å². The maximum absolute atomic E-state index is 12.2. The number of nitriles is 1. The van der Waals surface area contributed by atoms with Crippen molar-refractivity contribution < 1.29 is 9.59 Å². The summed E-state index contributed by atoms with van der Waals surface area (Å²) >= 11 is 0. The number of hydrogen-bond donors (Lipinski definition) is 0. The lowest BCUT2D eigenvalue weighted by atomic mass is 10.0. The van der Waals surface area contributed by atoms with Crippen LogP contribution in [0.1, 0.15) is 12.5 Å². The molecule has 2 amide bonds. The van der Waals surface area contributed by atoms with Crippen molar-refractivity contribution in [3.63, 3.8) is 0 Å². The van der Waals surface area contributed by atoms with Gasteiger partial charge in [0.15, 0.2) is 0 Å². The van der Waals surface area contributed by atoms with E-state index in [0.29, 0.717) is 6.54 Å². The van der Waals surface area contributed by atoms with Gasteiger partial charge in [-0.3, -0.25) is 14.5 Å². The standard InChI is InChI=1S/C18H15N3O2/c1-3-21-13(9-8-12-6-4-5-7-16(12)21)10-14-15(11-19)18(23)20(2)17(14)22/h4-10H,3H2,1-2H3/b13-10+. The number of fused-ring (bicyclic) bond motifs is 1. The molecule has 0 radical (unpaired) electrons. The molecule has 0 aromatic heterocycles. The van der Waals surface area contributed by atoms with E-state index in [-0.39, 0.29) is 11.1 Å². The molecule has 1 aromatic rings. The molecule has 5 nitrogen and oxygen atoms in total. The van der Waals surface area contributed by atoms with Gasteiger partial charge in [0.1, 0.15) is 11.6 Å². The van der Waals surface area contributed by atoms with Crippen LogP contribution in [-0.4, -0.2) is 30.3 Å². The molecule has 0 aliphatic carbocycles. The first-order chi connectivity index (χ1) is 11.1. The minimum absolute atomic E-state index is 0.103. The summed E-state index contributed by atoms with van der Waals surface area (Å²) in [4.78, 5) is 27.1. The number of rotatable bonds is 2. The number of amides is 2. The Bertz CT molecular complexity index is 840. The Morgan fingerprint density at radius 3 is 2.61 bits per heavy atom. The highest BCUT2D eigenvalue weighted by Crippen LogP contribution is 2.32. The highest BCUT2D eigenvalue weighted by Gasteiger charge is 2.35. The van der Waals surface area contributed by atoms with Gasteiger partial charge in [-0.25, -0.2) is 0 Å². The smallest absolute Gasteiger partial charge is 0.271 e. The van der Waals surface area contributed by atoms with Crippen LogP contribution in [0.5, 0.6) is 0 Å². The van der Waals surface area contributed by atoms with Gasteiger partial charge in [-0.15, -0.1) is 0 Å². The average molecular weight is 305 g/mol. The summed E-state index contributed by atoms with van der Waals surface area (Å²) < 4.78 is 0. The van der Waals surface area contributed by atoms with Crippen LogP contribution in [0.25, 0.3) is 6.08 Å². The molecule has 0 N–H and O–H groups in total. The monoisotopic (exact) mass is 305 g/mol. The number of imide groups is 1. The van der Waals surface area contributed by atoms with Gasteiger partial charge in [-0.1, -0.05) is 24.3 Å². The Hall–Kier alpha value is -3.13. The van der Waals surface area contributed by atoms with E-state index in [0.717, 1.165) is 21.8 Å². The predicted octanol–water partition coefficient (Wildman–Crippen LogP) is 2.24. The minimum Gasteiger partial charge on any atom is -0.341 e. The number of carbonyl (C=O) groups excluding carboxylic acids is 2. The van der Waals surface area contributed by atoms with Crippen LogP contribution >= 0.6 is 0 Å². The van der Waals surface area contributed by atoms with Crippen LogP contribution in [0.3, 0.4) is 0 Å². The number of carbonyl (C=O) groups is 2. The zero-order valence-electron chi connectivity index (χ0n) is 12.9. The topological polar surface area (TPSA) is 64.4 Å². The average Bonchev–Trinajstić information content (AvgIpc) is 2.78. The molecule has 23 heavy (non-hydrogen) atoms. The number of nitrogens with zero attached hydrogens (tertiary/aromatic N) is 3. The summed E-state index contributed by atoms with van der Waals surface area (Å²) in [7, 11) is 1.39. The lowest BCUT2D eigenvalue weighted by Gasteiger charge is -2.29. The van der Waals surface area contributed by atoms with Gasteiger partial charge < -0.3 is 4.90 Å². The first kappa shape index (κ1) is 14.8. The van der Waals surface area contributed by atoms with Crippen molar-refractivity contribution in [3.8, 4) is 6.07 Å². The van der Waals surface area contributed by atoms with Crippen molar-refractivity contribution in [2.24, 2.45) is 0 Å². The molecule has 0 saturated carbocycles. The Kier molecular flexibility index (Phi) is 3.59. The van der Waals surface area contributed by atoms with Crippen molar-refractivity contribution >= 4 is 23.6 Å². The third kappa shape index (κ3) is 2.25. The maximum Gasteiger partial charge on any atom is 0.271 e. The fourth-order valence-corrected chi connectivity index (χ4v) is 2.81. The number of hydrogen-bond acceptors (Lipinski definition) is 4. The van der Waals surface area contributed by atoms with Gasteiger partial charge in [0.05, 0.1) is 5.57 Å². The minimum atomic E-state index is -0.549. The van der Waals surface area contributed by atoms with Gasteiger partial charge in [-0.2, -0.15) is 5.26 Å². The van der Waals surface area contributed by atoms with Gasteiger partial charge in [0.25, 0.3) is 11.8 Å². The van der Waals surface area contributed by atoms with Crippen molar-refractivity contribution in [1.82, 2.24) is 4.90 Å². The van der Waals surface area contributed by atoms with E-state index in [2.05, 4.69) is 0 Å². The van der Waals surface area contributed by atoms with E-state index in [9.17, 15) is 14.9 Å². The molecule has 2 aliphatic rings. The Balaban J connectivity index is 2.11. The van der Waals surface area contributed by atoms with Gasteiger partial charge in [0.2, 0.25) is 0 Å². The second-order valence-corrected chi connectivity index (χ2v) is 5.28. The van der Waals surface area contributed by atoms with Crippen molar-refractivity contribution in [1.29, 1.82) is 5.26 Å². The second kappa shape index (κ2) is 5.58. The van der Waals surface area contributed by atoms with Crippen molar-refractivity contribution in [2.75, 3.05) is 18.5 Å². The van der Waals surface area contributed by atoms with Gasteiger partial charge in [-0.05, 0) is 30.7 Å². The number of likely N-dealkylation sites (N-methyl/N-ethyl adjacent to an activating group) is 2. The van der Waals surface area contributed by atoms with Crippen LogP contribution in [0.4, 0.5) is 5.69 Å². The van der Waals surface area contributed by atoms with E-state index in [4.69, 9.17) is 0 Å². The molecule has 114 valence electrons. The van der Waals surface area contributed by atoms with Crippen LogP contribution in [0.2, 0.25) is 0 Å². The molecule has 2 heterocycles. The Labute approximate surface area is 134 Å². The molecule has 0 spiro atoms. The molecular weight excluding hydrogens is 290 g/mol. The molecule has 3 rings (SSSR count). The summed E-state index contributed by atoms with van der Waals surface area (Å²) in [5.41, 5.74) is 2.95. The molecule has 2 aliphatic heterocycles. The van der Waals surface area contributed by atoms with Gasteiger partial charge >= 0.3 is 0 Å². The zero-order chi connectivity index (χ0) is 16.6. The third-order valence-corrected chi connectivity index (χ3v) is 4.02. The van der Waals surface area contributed by atoms with Crippen molar-refractivity contribution in [2.45, 2.75) is 6.92 Å². The molecule has 0 bridgehead atoms. The summed E-state index contributed by atoms with van der Waals surface area (Å²) in [5.74, 6) is -0.991. The molecule has 0 atom stereocenters. The number of benzene rings is 1. The van der Waals surface area contributed by atoms with Crippen LogP contribution in [-0.2, 0) is 9.59 Å². The SMILES string of the molecule is CCN1/C(=C/C2=C(C#N)C(=O)N(C)C2=O)C=Cc2ccccc21. The third-order valence-electron chi connectivity index (χ3n) is 4.02. The van der Waals surface area contributed by atoms with Gasteiger partial charge in [0, 0.05) is 25.0 Å². The lowest BCUT2D eigenvalue weighted by Crippen LogP contribution is -2.27. The van der Waals surface area contributed by atoms with Crippen LogP contribution in [0.15, 0.2) is 53.3 Å². The van der Waals surface area contributed by atoms with E-state index < -0.39 is 11.8 Å². The fraction of sp³-hybridized carbons (Fsp3) is 0.167. The zero-order valence-corrected chi connectivity index (χ0v) is 12.9. The normalized spacial score (nSPS) is 18.7. The maximum atomic E-state index is 12.2. The predicted molar refractivity (Wildman–Crippen MR) is 87.0 cm³/mol. The highest BCUT2D eigenvalue weighted by molar-refractivity contribution is 6.22. The molecule has 0 unspecified atom stereocenters. The molecule has 5 heteroatoms. The number of allylic oxidation sites excluding steroid dienone is 1. The fourth-order valence-electron chi connectivity index (χ4n) is 2.81. The summed E-state index contributed by atoms with van der Waals surface area (Å²) in [6.45, 7) is 2.72.